The highest BCUT2D eigenvalue weighted by Gasteiger charge is 2.31. The van der Waals surface area contributed by atoms with Gasteiger partial charge in [-0.1, -0.05) is 20.8 Å². The second-order valence-corrected chi connectivity index (χ2v) is 6.28. The van der Waals surface area contributed by atoms with Crippen LogP contribution in [0.25, 0.3) is 0 Å². The van der Waals surface area contributed by atoms with Gasteiger partial charge >= 0.3 is 0 Å². The number of nitrogens with zero attached hydrogens (tertiary/aromatic N) is 2. The van der Waals surface area contributed by atoms with Gasteiger partial charge in [0, 0.05) is 12.6 Å². The first-order valence-corrected chi connectivity index (χ1v) is 7.45. The highest BCUT2D eigenvalue weighted by molar-refractivity contribution is 5.63. The third-order valence-corrected chi connectivity index (χ3v) is 3.86. The van der Waals surface area contributed by atoms with E-state index in [0.29, 0.717) is 17.2 Å². The maximum absolute atomic E-state index is 5.49. The Hall–Kier alpha value is -1.52. The minimum absolute atomic E-state index is 0.418. The number of hydrogen-bond acceptors (Lipinski definition) is 5. The van der Waals surface area contributed by atoms with Gasteiger partial charge in [0.25, 0.3) is 0 Å². The fraction of sp³-hybridized carbons (Fsp3) is 0.733. The molecule has 0 radical (unpaired) electrons. The molecule has 1 fully saturated rings. The molecular weight excluding hydrogens is 252 g/mol. The van der Waals surface area contributed by atoms with Gasteiger partial charge in [-0.15, -0.1) is 0 Å². The summed E-state index contributed by atoms with van der Waals surface area (Å²) in [4.78, 5) is 8.61. The SMILES string of the molecule is CCCNc1ncnc(NC2CCC(C)(C)C2)c1OC. The third-order valence-electron chi connectivity index (χ3n) is 3.86. The van der Waals surface area contributed by atoms with Gasteiger partial charge in [-0.3, -0.25) is 0 Å². The fourth-order valence-electron chi connectivity index (χ4n) is 2.79. The average molecular weight is 278 g/mol. The van der Waals surface area contributed by atoms with E-state index in [1.807, 2.05) is 0 Å². The molecule has 0 amide bonds. The van der Waals surface area contributed by atoms with Crippen LogP contribution >= 0.6 is 0 Å². The van der Waals surface area contributed by atoms with Crippen molar-refractivity contribution in [2.75, 3.05) is 24.3 Å². The lowest BCUT2D eigenvalue weighted by Crippen LogP contribution is -2.19. The molecule has 0 aromatic carbocycles. The van der Waals surface area contributed by atoms with E-state index < -0.39 is 0 Å². The van der Waals surface area contributed by atoms with E-state index in [2.05, 4.69) is 41.4 Å². The monoisotopic (exact) mass is 278 g/mol. The summed E-state index contributed by atoms with van der Waals surface area (Å²) in [6, 6.07) is 0.466. The summed E-state index contributed by atoms with van der Waals surface area (Å²) >= 11 is 0. The molecule has 5 nitrogen and oxygen atoms in total. The lowest BCUT2D eigenvalue weighted by Gasteiger charge is -2.20. The zero-order chi connectivity index (χ0) is 14.6. The largest absolute Gasteiger partial charge is 0.490 e. The Morgan fingerprint density at radius 3 is 2.70 bits per heavy atom. The smallest absolute Gasteiger partial charge is 0.204 e. The van der Waals surface area contributed by atoms with Crippen LogP contribution in [0.15, 0.2) is 6.33 Å². The topological polar surface area (TPSA) is 59.1 Å². The highest BCUT2D eigenvalue weighted by atomic mass is 16.5. The summed E-state index contributed by atoms with van der Waals surface area (Å²) in [5.41, 5.74) is 0.418. The molecule has 0 saturated heterocycles. The summed E-state index contributed by atoms with van der Waals surface area (Å²) in [6.45, 7) is 7.64. The van der Waals surface area contributed by atoms with Crippen molar-refractivity contribution in [1.29, 1.82) is 0 Å². The van der Waals surface area contributed by atoms with E-state index in [1.54, 1.807) is 13.4 Å². The summed E-state index contributed by atoms with van der Waals surface area (Å²) in [6.07, 6.45) is 6.23. The molecule has 20 heavy (non-hydrogen) atoms. The van der Waals surface area contributed by atoms with Gasteiger partial charge in [0.2, 0.25) is 5.75 Å². The van der Waals surface area contributed by atoms with E-state index in [1.165, 1.54) is 12.8 Å². The van der Waals surface area contributed by atoms with Gasteiger partial charge in [0.05, 0.1) is 7.11 Å². The van der Waals surface area contributed by atoms with Crippen LogP contribution in [0.3, 0.4) is 0 Å². The Balaban J connectivity index is 2.11. The molecular formula is C15H26N4O. The predicted octanol–water partition coefficient (Wildman–Crippen LogP) is 3.30. The van der Waals surface area contributed by atoms with E-state index in [4.69, 9.17) is 4.74 Å². The van der Waals surface area contributed by atoms with Crippen molar-refractivity contribution in [1.82, 2.24) is 9.97 Å². The van der Waals surface area contributed by atoms with Gasteiger partial charge in [-0.05, 0) is 31.1 Å². The van der Waals surface area contributed by atoms with Crippen molar-refractivity contribution < 1.29 is 4.74 Å². The van der Waals surface area contributed by atoms with Crippen molar-refractivity contribution in [2.45, 2.75) is 52.5 Å². The van der Waals surface area contributed by atoms with Crippen LogP contribution < -0.4 is 15.4 Å². The Kier molecular flexibility index (Phi) is 4.68. The van der Waals surface area contributed by atoms with Crippen LogP contribution in [-0.4, -0.2) is 29.7 Å². The second kappa shape index (κ2) is 6.29. The van der Waals surface area contributed by atoms with Crippen LogP contribution in [0.1, 0.15) is 46.5 Å². The number of methoxy groups -OCH3 is 1. The zero-order valence-corrected chi connectivity index (χ0v) is 13.0. The molecule has 5 heteroatoms. The predicted molar refractivity (Wildman–Crippen MR) is 82.4 cm³/mol. The van der Waals surface area contributed by atoms with Crippen LogP contribution in [0, 0.1) is 5.41 Å². The Bertz CT molecular complexity index is 447. The third kappa shape index (κ3) is 3.52. The molecule has 2 rings (SSSR count). The Morgan fingerprint density at radius 1 is 1.35 bits per heavy atom. The minimum atomic E-state index is 0.418. The molecule has 1 aliphatic rings. The lowest BCUT2D eigenvalue weighted by atomic mass is 9.92. The van der Waals surface area contributed by atoms with Crippen LogP contribution in [0.2, 0.25) is 0 Å². The molecule has 2 N–H and O–H groups in total. The molecule has 1 unspecified atom stereocenters. The fourth-order valence-corrected chi connectivity index (χ4v) is 2.79. The molecule has 1 atom stereocenters. The maximum Gasteiger partial charge on any atom is 0.204 e. The Morgan fingerprint density at radius 2 is 2.10 bits per heavy atom. The molecule has 0 bridgehead atoms. The summed E-state index contributed by atoms with van der Waals surface area (Å²) in [7, 11) is 1.67. The number of hydrogen-bond donors (Lipinski definition) is 2. The molecule has 1 aromatic heterocycles. The second-order valence-electron chi connectivity index (χ2n) is 6.28. The average Bonchev–Trinajstić information content (AvgIpc) is 2.75. The molecule has 0 spiro atoms. The van der Waals surface area contributed by atoms with Crippen molar-refractivity contribution in [3.05, 3.63) is 6.33 Å². The summed E-state index contributed by atoms with van der Waals surface area (Å²) in [5, 5.41) is 6.80. The molecule has 112 valence electrons. The van der Waals surface area contributed by atoms with Gasteiger partial charge in [-0.25, -0.2) is 9.97 Å². The number of ether oxygens (including phenoxy) is 1. The number of nitrogens with one attached hydrogen (secondary N) is 2. The van der Waals surface area contributed by atoms with E-state index in [0.717, 1.165) is 31.0 Å². The minimum Gasteiger partial charge on any atom is -0.490 e. The summed E-state index contributed by atoms with van der Waals surface area (Å²) < 4.78 is 5.49. The van der Waals surface area contributed by atoms with Crippen molar-refractivity contribution in [3.63, 3.8) is 0 Å². The van der Waals surface area contributed by atoms with Crippen molar-refractivity contribution in [2.24, 2.45) is 5.41 Å². The van der Waals surface area contributed by atoms with Gasteiger partial charge in [-0.2, -0.15) is 0 Å². The van der Waals surface area contributed by atoms with E-state index >= 15 is 0 Å². The molecule has 1 aromatic rings. The zero-order valence-electron chi connectivity index (χ0n) is 13.0. The number of aromatic nitrogens is 2. The van der Waals surface area contributed by atoms with Gasteiger partial charge in [0.15, 0.2) is 11.6 Å². The van der Waals surface area contributed by atoms with E-state index in [-0.39, 0.29) is 0 Å². The molecule has 1 aliphatic carbocycles. The lowest BCUT2D eigenvalue weighted by molar-refractivity contribution is 0.378. The highest BCUT2D eigenvalue weighted by Crippen LogP contribution is 2.39. The maximum atomic E-state index is 5.49. The first kappa shape index (κ1) is 14.9. The van der Waals surface area contributed by atoms with Gasteiger partial charge < -0.3 is 15.4 Å². The quantitative estimate of drug-likeness (QED) is 0.836. The number of anilines is 2. The van der Waals surface area contributed by atoms with Crippen LogP contribution in [0.5, 0.6) is 5.75 Å². The first-order valence-electron chi connectivity index (χ1n) is 7.45. The van der Waals surface area contributed by atoms with E-state index in [9.17, 15) is 0 Å². The van der Waals surface area contributed by atoms with Crippen LogP contribution in [0.4, 0.5) is 11.6 Å². The Labute approximate surface area is 121 Å². The normalized spacial score (nSPS) is 20.7. The molecule has 1 heterocycles. The van der Waals surface area contributed by atoms with Crippen molar-refractivity contribution in [3.8, 4) is 5.75 Å². The molecule has 0 aliphatic heterocycles. The standard InChI is InChI=1S/C15H26N4O/c1-5-8-16-13-12(20-4)14(18-10-17-13)19-11-6-7-15(2,3)9-11/h10-11H,5-9H2,1-4H3,(H2,16,17,18,19). The van der Waals surface area contributed by atoms with Crippen molar-refractivity contribution >= 4 is 11.6 Å². The number of rotatable bonds is 6. The molecule has 1 saturated carbocycles. The van der Waals surface area contributed by atoms with Crippen LogP contribution in [-0.2, 0) is 0 Å². The first-order chi connectivity index (χ1) is 9.55. The summed E-state index contributed by atoms with van der Waals surface area (Å²) in [5.74, 6) is 2.28. The van der Waals surface area contributed by atoms with Gasteiger partial charge in [0.1, 0.15) is 6.33 Å².